The van der Waals surface area contributed by atoms with Crippen molar-refractivity contribution in [2.24, 2.45) is 18.7 Å². The lowest BCUT2D eigenvalue weighted by atomic mass is 9.95. The first-order valence-corrected chi connectivity index (χ1v) is 6.50. The van der Waals surface area contributed by atoms with Gasteiger partial charge in [-0.2, -0.15) is 0 Å². The third-order valence-corrected chi connectivity index (χ3v) is 3.36. The Labute approximate surface area is 118 Å². The van der Waals surface area contributed by atoms with Crippen LogP contribution >= 0.6 is 0 Å². The Hall–Kier alpha value is -2.21. The minimum atomic E-state index is -0.323. The number of aromatic nitrogens is 3. The van der Waals surface area contributed by atoms with Gasteiger partial charge in [-0.3, -0.25) is 4.79 Å². The van der Waals surface area contributed by atoms with Crippen molar-refractivity contribution in [3.8, 4) is 0 Å². The van der Waals surface area contributed by atoms with Crippen molar-refractivity contribution in [2.45, 2.75) is 19.5 Å². The number of carbonyl (C=O) groups excluding carboxylic acids is 1. The number of hydrogen-bond donors (Lipinski definition) is 2. The van der Waals surface area contributed by atoms with Crippen molar-refractivity contribution in [1.29, 1.82) is 0 Å². The summed E-state index contributed by atoms with van der Waals surface area (Å²) < 4.78 is 1.77. The Morgan fingerprint density at radius 3 is 2.70 bits per heavy atom. The standard InChI is InChI=1S/C14H19N5O/c1-10(13(15)11-6-4-3-5-7-11)14(20)16-8-12-18-17-9-19(12)2/h3-7,9-10,13H,8,15H2,1-2H3,(H,16,20). The van der Waals surface area contributed by atoms with Gasteiger partial charge in [-0.15, -0.1) is 10.2 Å². The second-order valence-corrected chi connectivity index (χ2v) is 4.80. The number of aryl methyl sites for hydroxylation is 1. The lowest BCUT2D eigenvalue weighted by Crippen LogP contribution is -2.35. The molecule has 6 heteroatoms. The summed E-state index contributed by atoms with van der Waals surface area (Å²) in [5.41, 5.74) is 7.08. The SMILES string of the molecule is CC(C(=O)NCc1nncn1C)C(N)c1ccccc1. The summed E-state index contributed by atoms with van der Waals surface area (Å²) in [4.78, 5) is 12.1. The van der Waals surface area contributed by atoms with Crippen molar-refractivity contribution in [3.63, 3.8) is 0 Å². The zero-order valence-corrected chi connectivity index (χ0v) is 11.7. The maximum absolute atomic E-state index is 12.1. The molecule has 0 aliphatic rings. The predicted octanol–water partition coefficient (Wildman–Crippen LogP) is 0.767. The number of carbonyl (C=O) groups is 1. The van der Waals surface area contributed by atoms with Gasteiger partial charge in [0.2, 0.25) is 5.91 Å². The smallest absolute Gasteiger partial charge is 0.225 e. The summed E-state index contributed by atoms with van der Waals surface area (Å²) in [5, 5.41) is 10.5. The van der Waals surface area contributed by atoms with Crippen molar-refractivity contribution >= 4 is 5.91 Å². The van der Waals surface area contributed by atoms with E-state index < -0.39 is 0 Å². The Morgan fingerprint density at radius 1 is 1.40 bits per heavy atom. The van der Waals surface area contributed by atoms with Gasteiger partial charge in [0, 0.05) is 13.1 Å². The van der Waals surface area contributed by atoms with E-state index >= 15 is 0 Å². The van der Waals surface area contributed by atoms with Crippen LogP contribution in [0.2, 0.25) is 0 Å². The third kappa shape index (κ3) is 3.21. The number of nitrogens with zero attached hydrogens (tertiary/aromatic N) is 3. The van der Waals surface area contributed by atoms with Crippen LogP contribution in [0.4, 0.5) is 0 Å². The van der Waals surface area contributed by atoms with E-state index in [1.54, 1.807) is 10.9 Å². The lowest BCUT2D eigenvalue weighted by Gasteiger charge is -2.19. The van der Waals surface area contributed by atoms with Gasteiger partial charge in [-0.05, 0) is 5.56 Å². The number of hydrogen-bond acceptors (Lipinski definition) is 4. The van der Waals surface area contributed by atoms with Crippen LogP contribution in [0.1, 0.15) is 24.4 Å². The highest BCUT2D eigenvalue weighted by molar-refractivity contribution is 5.79. The number of amides is 1. The second kappa shape index (κ2) is 6.29. The maximum atomic E-state index is 12.1. The van der Waals surface area contributed by atoms with E-state index in [0.29, 0.717) is 12.4 Å². The molecule has 2 rings (SSSR count). The molecular weight excluding hydrogens is 254 g/mol. The number of nitrogens with one attached hydrogen (secondary N) is 1. The van der Waals surface area contributed by atoms with E-state index in [9.17, 15) is 4.79 Å². The van der Waals surface area contributed by atoms with Gasteiger partial charge in [0.05, 0.1) is 12.5 Å². The highest BCUT2D eigenvalue weighted by atomic mass is 16.1. The molecule has 0 saturated carbocycles. The van der Waals surface area contributed by atoms with Crippen molar-refractivity contribution in [2.75, 3.05) is 0 Å². The molecule has 0 spiro atoms. The lowest BCUT2D eigenvalue weighted by molar-refractivity contribution is -0.125. The molecule has 1 amide bonds. The molecule has 1 aromatic heterocycles. The van der Waals surface area contributed by atoms with E-state index in [1.165, 1.54) is 0 Å². The number of rotatable bonds is 5. The molecule has 2 atom stereocenters. The fourth-order valence-corrected chi connectivity index (χ4v) is 1.92. The minimum Gasteiger partial charge on any atom is -0.349 e. The van der Waals surface area contributed by atoms with Crippen LogP contribution in [0.5, 0.6) is 0 Å². The molecule has 0 bridgehead atoms. The topological polar surface area (TPSA) is 85.8 Å². The van der Waals surface area contributed by atoms with Crippen LogP contribution < -0.4 is 11.1 Å². The average Bonchev–Trinajstić information content (AvgIpc) is 2.89. The van der Waals surface area contributed by atoms with Crippen molar-refractivity contribution < 1.29 is 4.79 Å². The molecule has 0 radical (unpaired) electrons. The number of benzene rings is 1. The zero-order valence-electron chi connectivity index (χ0n) is 11.7. The molecule has 3 N–H and O–H groups in total. The highest BCUT2D eigenvalue weighted by Crippen LogP contribution is 2.19. The summed E-state index contributed by atoms with van der Waals surface area (Å²) >= 11 is 0. The Bertz CT molecular complexity index is 566. The Kier molecular flexibility index (Phi) is 4.47. The number of nitrogens with two attached hydrogens (primary N) is 1. The maximum Gasteiger partial charge on any atom is 0.225 e. The molecule has 0 saturated heterocycles. The van der Waals surface area contributed by atoms with Gasteiger partial charge < -0.3 is 15.6 Å². The summed E-state index contributed by atoms with van der Waals surface area (Å²) in [7, 11) is 1.83. The van der Waals surface area contributed by atoms with Crippen LogP contribution in [0.3, 0.4) is 0 Å². The molecule has 20 heavy (non-hydrogen) atoms. The molecule has 0 fully saturated rings. The summed E-state index contributed by atoms with van der Waals surface area (Å²) in [6, 6.07) is 9.29. The molecule has 0 aliphatic heterocycles. The first-order chi connectivity index (χ1) is 9.59. The average molecular weight is 273 g/mol. The van der Waals surface area contributed by atoms with Crippen molar-refractivity contribution in [3.05, 3.63) is 48.0 Å². The fraction of sp³-hybridized carbons (Fsp3) is 0.357. The van der Waals surface area contributed by atoms with Crippen LogP contribution in [0.15, 0.2) is 36.7 Å². The molecule has 0 aliphatic carbocycles. The normalized spacial score (nSPS) is 13.8. The van der Waals surface area contributed by atoms with Crippen molar-refractivity contribution in [1.82, 2.24) is 20.1 Å². The first-order valence-electron chi connectivity index (χ1n) is 6.50. The zero-order chi connectivity index (χ0) is 14.5. The summed E-state index contributed by atoms with van der Waals surface area (Å²) in [6.07, 6.45) is 1.60. The van der Waals surface area contributed by atoms with Crippen LogP contribution in [0, 0.1) is 5.92 Å². The molecule has 6 nitrogen and oxygen atoms in total. The van der Waals surface area contributed by atoms with Gasteiger partial charge >= 0.3 is 0 Å². The predicted molar refractivity (Wildman–Crippen MR) is 75.4 cm³/mol. The quantitative estimate of drug-likeness (QED) is 0.842. The Balaban J connectivity index is 1.93. The van der Waals surface area contributed by atoms with Crippen LogP contribution in [-0.2, 0) is 18.4 Å². The van der Waals surface area contributed by atoms with E-state index in [2.05, 4.69) is 15.5 Å². The van der Waals surface area contributed by atoms with Crippen LogP contribution in [-0.4, -0.2) is 20.7 Å². The third-order valence-electron chi connectivity index (χ3n) is 3.36. The minimum absolute atomic E-state index is 0.0932. The molecule has 1 heterocycles. The largest absolute Gasteiger partial charge is 0.349 e. The molecule has 106 valence electrons. The van der Waals surface area contributed by atoms with E-state index in [-0.39, 0.29) is 17.9 Å². The van der Waals surface area contributed by atoms with Gasteiger partial charge in [0.25, 0.3) is 0 Å². The molecule has 1 aromatic carbocycles. The summed E-state index contributed by atoms with van der Waals surface area (Å²) in [5.74, 6) is 0.300. The van der Waals surface area contributed by atoms with Gasteiger partial charge in [0.1, 0.15) is 6.33 Å². The monoisotopic (exact) mass is 273 g/mol. The van der Waals surface area contributed by atoms with Gasteiger partial charge in [-0.25, -0.2) is 0 Å². The highest BCUT2D eigenvalue weighted by Gasteiger charge is 2.22. The molecule has 2 aromatic rings. The fourth-order valence-electron chi connectivity index (χ4n) is 1.92. The Morgan fingerprint density at radius 2 is 2.10 bits per heavy atom. The van der Waals surface area contributed by atoms with Gasteiger partial charge in [-0.1, -0.05) is 37.3 Å². The summed E-state index contributed by atoms with van der Waals surface area (Å²) in [6.45, 7) is 2.17. The molecule has 2 unspecified atom stereocenters. The van der Waals surface area contributed by atoms with E-state index in [1.807, 2.05) is 44.3 Å². The first kappa shape index (κ1) is 14.2. The van der Waals surface area contributed by atoms with Crippen LogP contribution in [0.25, 0.3) is 0 Å². The van der Waals surface area contributed by atoms with E-state index in [0.717, 1.165) is 5.56 Å². The van der Waals surface area contributed by atoms with E-state index in [4.69, 9.17) is 5.73 Å². The second-order valence-electron chi connectivity index (χ2n) is 4.80. The molecular formula is C14H19N5O. The van der Waals surface area contributed by atoms with Gasteiger partial charge in [0.15, 0.2) is 5.82 Å².